The molecule has 8 heteroatoms. The predicted molar refractivity (Wildman–Crippen MR) is 131 cm³/mol. The molecule has 0 fully saturated rings. The molecule has 2 aromatic heterocycles. The molecule has 0 amide bonds. The van der Waals surface area contributed by atoms with E-state index in [-0.39, 0.29) is 24.0 Å². The Kier molecular flexibility index (Phi) is 10.2. The van der Waals surface area contributed by atoms with Gasteiger partial charge in [-0.15, -0.1) is 24.0 Å². The third-order valence-corrected chi connectivity index (χ3v) is 5.00. The smallest absolute Gasteiger partial charge is 0.194 e. The molecule has 0 aliphatic carbocycles. The first kappa shape index (κ1) is 25.5. The summed E-state index contributed by atoms with van der Waals surface area (Å²) in [5.74, 6) is 1.31. The maximum absolute atomic E-state index is 4.94. The van der Waals surface area contributed by atoms with Crippen LogP contribution in [0.15, 0.2) is 11.2 Å². The summed E-state index contributed by atoms with van der Waals surface area (Å²) in [6, 6.07) is 0. The number of nitrogens with zero attached hydrogens (tertiary/aromatic N) is 6. The highest BCUT2D eigenvalue weighted by Crippen LogP contribution is 2.19. The molecule has 0 aliphatic heterocycles. The van der Waals surface area contributed by atoms with Crippen molar-refractivity contribution in [2.24, 2.45) is 19.1 Å². The second kappa shape index (κ2) is 11.6. The largest absolute Gasteiger partial charge is 0.357 e. The van der Waals surface area contributed by atoms with E-state index in [1.165, 1.54) is 16.8 Å². The van der Waals surface area contributed by atoms with E-state index in [0.717, 1.165) is 43.3 Å². The van der Waals surface area contributed by atoms with E-state index in [9.17, 15) is 0 Å². The van der Waals surface area contributed by atoms with Gasteiger partial charge in [-0.05, 0) is 25.7 Å². The van der Waals surface area contributed by atoms with Crippen molar-refractivity contribution in [3.63, 3.8) is 0 Å². The van der Waals surface area contributed by atoms with Gasteiger partial charge in [0, 0.05) is 57.3 Å². The normalized spacial score (nSPS) is 11.7. The summed E-state index contributed by atoms with van der Waals surface area (Å²) in [7, 11) is 6.09. The average molecular weight is 515 g/mol. The van der Waals surface area contributed by atoms with Crippen LogP contribution in [0.1, 0.15) is 68.7 Å². The first-order valence-corrected chi connectivity index (χ1v) is 10.4. The number of aryl methyl sites for hydroxylation is 3. The van der Waals surface area contributed by atoms with Crippen molar-refractivity contribution in [2.45, 2.75) is 66.5 Å². The molecule has 2 rings (SSSR count). The lowest BCUT2D eigenvalue weighted by Crippen LogP contribution is -2.38. The number of hydrogen-bond acceptors (Lipinski definition) is 3. The number of rotatable bonds is 8. The summed E-state index contributed by atoms with van der Waals surface area (Å²) in [5, 5.41) is 12.7. The fourth-order valence-electron chi connectivity index (χ4n) is 3.69. The molecular formula is C21H38IN7. The number of aliphatic imine (C=N–C) groups is 1. The van der Waals surface area contributed by atoms with Crippen LogP contribution in [0, 0.1) is 0 Å². The number of guanidine groups is 1. The van der Waals surface area contributed by atoms with Gasteiger partial charge in [-0.3, -0.25) is 9.36 Å². The van der Waals surface area contributed by atoms with Gasteiger partial charge in [0.15, 0.2) is 5.96 Å². The minimum absolute atomic E-state index is 0. The Morgan fingerprint density at radius 2 is 1.86 bits per heavy atom. The predicted octanol–water partition coefficient (Wildman–Crippen LogP) is 3.62. The fourth-order valence-corrected chi connectivity index (χ4v) is 3.69. The minimum Gasteiger partial charge on any atom is -0.357 e. The highest BCUT2D eigenvalue weighted by molar-refractivity contribution is 14.0. The van der Waals surface area contributed by atoms with Gasteiger partial charge < -0.3 is 10.2 Å². The van der Waals surface area contributed by atoms with Crippen LogP contribution in [0.2, 0.25) is 0 Å². The molecule has 0 radical (unpaired) electrons. The Labute approximate surface area is 193 Å². The topological polar surface area (TPSA) is 63.3 Å². The maximum Gasteiger partial charge on any atom is 0.194 e. The Hall–Kier alpha value is -1.58. The van der Waals surface area contributed by atoms with Crippen LogP contribution < -0.4 is 5.32 Å². The lowest BCUT2D eigenvalue weighted by Gasteiger charge is -2.22. The van der Waals surface area contributed by atoms with E-state index >= 15 is 0 Å². The van der Waals surface area contributed by atoms with E-state index in [4.69, 9.17) is 4.99 Å². The summed E-state index contributed by atoms with van der Waals surface area (Å²) in [4.78, 5) is 7.12. The second-order valence-electron chi connectivity index (χ2n) is 7.60. The van der Waals surface area contributed by atoms with Gasteiger partial charge in [-0.25, -0.2) is 4.99 Å². The molecule has 29 heavy (non-hydrogen) atoms. The van der Waals surface area contributed by atoms with Crippen molar-refractivity contribution in [3.05, 3.63) is 34.4 Å². The van der Waals surface area contributed by atoms with Crippen molar-refractivity contribution in [1.82, 2.24) is 29.8 Å². The summed E-state index contributed by atoms with van der Waals surface area (Å²) in [6.45, 7) is 13.1. The van der Waals surface area contributed by atoms with Gasteiger partial charge in [-0.1, -0.05) is 27.7 Å². The summed E-state index contributed by atoms with van der Waals surface area (Å²) < 4.78 is 3.91. The SMILES string of the molecule is CCNC(=NCc1c(CC)nn(C)c1CC)N(C)Cc1cn(C)nc1C(C)C.I. The molecule has 0 spiro atoms. The molecule has 2 heterocycles. The number of nitrogens with one attached hydrogen (secondary N) is 1. The van der Waals surface area contributed by atoms with Gasteiger partial charge in [0.25, 0.3) is 0 Å². The molecule has 2 aromatic rings. The van der Waals surface area contributed by atoms with Crippen molar-refractivity contribution >= 4 is 29.9 Å². The Balaban J connectivity index is 0.00000420. The van der Waals surface area contributed by atoms with Gasteiger partial charge >= 0.3 is 0 Å². The molecule has 0 atom stereocenters. The molecule has 7 nitrogen and oxygen atoms in total. The van der Waals surface area contributed by atoms with Crippen molar-refractivity contribution < 1.29 is 0 Å². The molecule has 164 valence electrons. The standard InChI is InChI=1S/C21H37N7.HI/c1-9-18-17(19(10-2)28(8)24-18)12-23-21(22-11-3)26(6)13-16-14-27(7)25-20(16)15(4)5;/h14-15H,9-13H2,1-8H3,(H,22,23);1H. The Bertz CT molecular complexity index is 804. The zero-order valence-electron chi connectivity index (χ0n) is 19.3. The monoisotopic (exact) mass is 515 g/mol. The Morgan fingerprint density at radius 3 is 2.41 bits per heavy atom. The van der Waals surface area contributed by atoms with Crippen molar-refractivity contribution in [1.29, 1.82) is 0 Å². The highest BCUT2D eigenvalue weighted by Gasteiger charge is 2.17. The second-order valence-corrected chi connectivity index (χ2v) is 7.60. The Morgan fingerprint density at radius 1 is 1.17 bits per heavy atom. The van der Waals surface area contributed by atoms with Crippen LogP contribution in [0.25, 0.3) is 0 Å². The third kappa shape index (κ3) is 6.20. The maximum atomic E-state index is 4.94. The van der Waals surface area contributed by atoms with Crippen molar-refractivity contribution in [2.75, 3.05) is 13.6 Å². The molecule has 0 saturated carbocycles. The van der Waals surface area contributed by atoms with Crippen LogP contribution in [-0.2, 0) is 40.0 Å². The van der Waals surface area contributed by atoms with Crippen LogP contribution in [0.3, 0.4) is 0 Å². The van der Waals surface area contributed by atoms with Crippen LogP contribution in [-0.4, -0.2) is 44.0 Å². The molecule has 0 bridgehead atoms. The molecule has 1 N–H and O–H groups in total. The summed E-state index contributed by atoms with van der Waals surface area (Å²) in [5.41, 5.74) is 6.08. The average Bonchev–Trinajstić information content (AvgIpc) is 3.17. The van der Waals surface area contributed by atoms with Crippen LogP contribution >= 0.6 is 24.0 Å². The third-order valence-electron chi connectivity index (χ3n) is 5.00. The van der Waals surface area contributed by atoms with Crippen LogP contribution in [0.5, 0.6) is 0 Å². The summed E-state index contributed by atoms with van der Waals surface area (Å²) >= 11 is 0. The fraction of sp³-hybridized carbons (Fsp3) is 0.667. The van der Waals surface area contributed by atoms with E-state index < -0.39 is 0 Å². The summed E-state index contributed by atoms with van der Waals surface area (Å²) in [6.07, 6.45) is 4.01. The zero-order valence-corrected chi connectivity index (χ0v) is 21.6. The number of hydrogen-bond donors (Lipinski definition) is 1. The van der Waals surface area contributed by atoms with Gasteiger partial charge in [0.2, 0.25) is 0 Å². The molecule has 0 unspecified atom stereocenters. The number of aromatic nitrogens is 4. The van der Waals surface area contributed by atoms with Crippen LogP contribution in [0.4, 0.5) is 0 Å². The molecule has 0 aromatic carbocycles. The first-order chi connectivity index (χ1) is 13.3. The van der Waals surface area contributed by atoms with E-state index in [1.54, 1.807) is 0 Å². The van der Waals surface area contributed by atoms with E-state index in [1.807, 2.05) is 23.5 Å². The van der Waals surface area contributed by atoms with E-state index in [0.29, 0.717) is 12.5 Å². The van der Waals surface area contributed by atoms with Gasteiger partial charge in [0.05, 0.1) is 17.9 Å². The quantitative estimate of drug-likeness (QED) is 0.332. The first-order valence-electron chi connectivity index (χ1n) is 10.4. The molecule has 0 saturated heterocycles. The molecule has 0 aliphatic rings. The molecular weight excluding hydrogens is 477 g/mol. The lowest BCUT2D eigenvalue weighted by molar-refractivity contribution is 0.473. The lowest BCUT2D eigenvalue weighted by atomic mass is 10.1. The minimum atomic E-state index is 0. The van der Waals surface area contributed by atoms with E-state index in [2.05, 4.69) is 68.3 Å². The van der Waals surface area contributed by atoms with Gasteiger partial charge in [-0.2, -0.15) is 10.2 Å². The number of halogens is 1. The zero-order chi connectivity index (χ0) is 20.8. The van der Waals surface area contributed by atoms with Gasteiger partial charge in [0.1, 0.15) is 0 Å². The van der Waals surface area contributed by atoms with Crippen molar-refractivity contribution in [3.8, 4) is 0 Å². The highest BCUT2D eigenvalue weighted by atomic mass is 127.